The van der Waals surface area contributed by atoms with Crippen LogP contribution in [0.15, 0.2) is 24.3 Å². The summed E-state index contributed by atoms with van der Waals surface area (Å²) in [6.07, 6.45) is 0.214. The molecular weight excluding hydrogens is 203 g/mol. The molecule has 0 aromatic heterocycles. The highest BCUT2D eigenvalue weighted by Gasteiger charge is 2.22. The van der Waals surface area contributed by atoms with Gasteiger partial charge in [-0.05, 0) is 11.0 Å². The Morgan fingerprint density at radius 1 is 1.45 bits per heavy atom. The van der Waals surface area contributed by atoms with Crippen molar-refractivity contribution in [2.45, 2.75) is 6.10 Å². The first-order chi connectivity index (χ1) is 5.42. The van der Waals surface area contributed by atoms with E-state index >= 15 is 0 Å². The Balaban J connectivity index is 2.39. The first kappa shape index (κ1) is 7.38. The van der Waals surface area contributed by atoms with Crippen molar-refractivity contribution >= 4 is 28.9 Å². The lowest BCUT2D eigenvalue weighted by Crippen LogP contribution is -2.09. The summed E-state index contributed by atoms with van der Waals surface area (Å²) in [7, 11) is 1.82. The molecule has 3 heteroatoms. The van der Waals surface area contributed by atoms with Crippen LogP contribution in [0.5, 0.6) is 0 Å². The fourth-order valence-corrected chi connectivity index (χ4v) is 1.76. The Morgan fingerprint density at radius 2 is 2.27 bits per heavy atom. The zero-order chi connectivity index (χ0) is 7.68. The Bertz CT molecular complexity index is 264. The third-order valence-corrected chi connectivity index (χ3v) is 2.43. The molecule has 1 aliphatic heterocycles. The van der Waals surface area contributed by atoms with Gasteiger partial charge in [-0.15, -0.1) is 0 Å². The third-order valence-electron chi connectivity index (χ3n) is 1.84. The van der Waals surface area contributed by atoms with Crippen molar-refractivity contribution in [3.8, 4) is 0 Å². The Labute approximate surface area is 75.2 Å². The quantitative estimate of drug-likeness (QED) is 0.502. The van der Waals surface area contributed by atoms with Crippen LogP contribution in [0, 0.1) is 0 Å². The van der Waals surface area contributed by atoms with Gasteiger partial charge in [0.1, 0.15) is 0 Å². The van der Waals surface area contributed by atoms with E-state index in [1.54, 1.807) is 0 Å². The molecule has 1 aromatic carbocycles. The number of rotatable bonds is 1. The normalized spacial score (nSPS) is 21.0. The van der Waals surface area contributed by atoms with Crippen molar-refractivity contribution in [2.75, 3.05) is 5.33 Å². The number of hydrogen-bond donors (Lipinski definition) is 0. The lowest BCUT2D eigenvalue weighted by molar-refractivity contribution is 0.264. The van der Waals surface area contributed by atoms with Crippen LogP contribution in [-0.4, -0.2) is 12.8 Å². The molecule has 55 valence electrons. The second-order valence-electron chi connectivity index (χ2n) is 2.53. The first-order valence-electron chi connectivity index (χ1n) is 3.55. The predicted molar refractivity (Wildman–Crippen MR) is 49.5 cm³/mol. The Morgan fingerprint density at radius 3 is 3.09 bits per heavy atom. The molecule has 1 aromatic rings. The molecule has 0 saturated carbocycles. The van der Waals surface area contributed by atoms with Crippen LogP contribution in [0.25, 0.3) is 0 Å². The van der Waals surface area contributed by atoms with Gasteiger partial charge in [0.05, 0.1) is 6.10 Å². The molecule has 11 heavy (non-hydrogen) atoms. The van der Waals surface area contributed by atoms with Crippen molar-refractivity contribution in [1.29, 1.82) is 0 Å². The summed E-state index contributed by atoms with van der Waals surface area (Å²) in [4.78, 5) is 0. The van der Waals surface area contributed by atoms with Crippen LogP contribution in [0.2, 0.25) is 0 Å². The van der Waals surface area contributed by atoms with Crippen molar-refractivity contribution in [3.05, 3.63) is 29.8 Å². The zero-order valence-corrected chi connectivity index (χ0v) is 7.54. The lowest BCUT2D eigenvalue weighted by atomic mass is 9.87. The van der Waals surface area contributed by atoms with Gasteiger partial charge in [-0.2, -0.15) is 0 Å². The highest BCUT2D eigenvalue weighted by atomic mass is 79.9. The van der Waals surface area contributed by atoms with Gasteiger partial charge in [0.15, 0.2) is 0 Å². The maximum atomic E-state index is 5.40. The summed E-state index contributed by atoms with van der Waals surface area (Å²) < 4.78 is 5.40. The summed E-state index contributed by atoms with van der Waals surface area (Å²) in [6, 6.07) is 8.23. The molecule has 1 radical (unpaired) electrons. The van der Waals surface area contributed by atoms with E-state index in [1.165, 1.54) is 11.0 Å². The fraction of sp³-hybridized carbons (Fsp3) is 0.250. The molecule has 1 heterocycles. The maximum Gasteiger partial charge on any atom is 0.331 e. The molecule has 1 aliphatic rings. The standard InChI is InChI=1S/C8H7BBrO/c10-5-8-6-3-1-2-4-7(6)9-11-8/h1-4,8H,5H2. The SMILES string of the molecule is BrCC1O[B]c2ccccc21. The minimum absolute atomic E-state index is 0.214. The minimum atomic E-state index is 0.214. The highest BCUT2D eigenvalue weighted by Crippen LogP contribution is 2.21. The molecule has 0 saturated heterocycles. The van der Waals surface area contributed by atoms with E-state index in [0.29, 0.717) is 0 Å². The van der Waals surface area contributed by atoms with Crippen molar-refractivity contribution in [1.82, 2.24) is 0 Å². The van der Waals surface area contributed by atoms with E-state index in [0.717, 1.165) is 5.33 Å². The summed E-state index contributed by atoms with van der Waals surface area (Å²) in [5.74, 6) is 0. The maximum absolute atomic E-state index is 5.40. The predicted octanol–water partition coefficient (Wildman–Crippen LogP) is 1.40. The first-order valence-corrected chi connectivity index (χ1v) is 4.67. The van der Waals surface area contributed by atoms with E-state index in [2.05, 4.69) is 28.1 Å². The highest BCUT2D eigenvalue weighted by molar-refractivity contribution is 9.09. The van der Waals surface area contributed by atoms with Gasteiger partial charge in [0, 0.05) is 5.33 Å². The average Bonchev–Trinajstić information content (AvgIpc) is 2.47. The second kappa shape index (κ2) is 2.99. The third kappa shape index (κ3) is 1.23. The lowest BCUT2D eigenvalue weighted by Gasteiger charge is -2.06. The Hall–Kier alpha value is -0.275. The van der Waals surface area contributed by atoms with Crippen LogP contribution >= 0.6 is 15.9 Å². The number of alkyl halides is 1. The van der Waals surface area contributed by atoms with Crippen LogP contribution in [0.4, 0.5) is 0 Å². The fourth-order valence-electron chi connectivity index (χ4n) is 1.26. The van der Waals surface area contributed by atoms with Crippen LogP contribution in [0.1, 0.15) is 11.7 Å². The molecule has 1 atom stereocenters. The van der Waals surface area contributed by atoms with Gasteiger partial charge in [-0.3, -0.25) is 0 Å². The van der Waals surface area contributed by atoms with E-state index < -0.39 is 0 Å². The van der Waals surface area contributed by atoms with Gasteiger partial charge in [-0.25, -0.2) is 0 Å². The zero-order valence-electron chi connectivity index (χ0n) is 5.96. The van der Waals surface area contributed by atoms with Gasteiger partial charge in [-0.1, -0.05) is 40.2 Å². The molecule has 1 nitrogen and oxygen atoms in total. The van der Waals surface area contributed by atoms with Crippen molar-refractivity contribution < 1.29 is 4.65 Å². The van der Waals surface area contributed by atoms with Crippen molar-refractivity contribution in [2.24, 2.45) is 0 Å². The molecule has 2 rings (SSSR count). The summed E-state index contributed by atoms with van der Waals surface area (Å²) >= 11 is 3.40. The monoisotopic (exact) mass is 209 g/mol. The summed E-state index contributed by atoms with van der Waals surface area (Å²) in [5.41, 5.74) is 2.49. The largest absolute Gasteiger partial charge is 0.427 e. The van der Waals surface area contributed by atoms with Crippen LogP contribution < -0.4 is 5.46 Å². The molecule has 0 spiro atoms. The molecule has 1 unspecified atom stereocenters. The summed E-state index contributed by atoms with van der Waals surface area (Å²) in [5, 5.41) is 0.862. The number of fused-ring (bicyclic) bond motifs is 1. The van der Waals surface area contributed by atoms with E-state index in [4.69, 9.17) is 4.65 Å². The van der Waals surface area contributed by atoms with Gasteiger partial charge >= 0.3 is 7.48 Å². The smallest absolute Gasteiger partial charge is 0.331 e. The minimum Gasteiger partial charge on any atom is -0.427 e. The van der Waals surface area contributed by atoms with Gasteiger partial charge in [0.2, 0.25) is 0 Å². The second-order valence-corrected chi connectivity index (χ2v) is 3.17. The van der Waals surface area contributed by atoms with Gasteiger partial charge in [0.25, 0.3) is 0 Å². The summed E-state index contributed by atoms with van der Waals surface area (Å²) in [6.45, 7) is 0. The molecule has 0 amide bonds. The molecule has 0 aliphatic carbocycles. The molecular formula is C8H7BBrO. The molecule has 0 N–H and O–H groups in total. The number of benzene rings is 1. The molecule has 0 bridgehead atoms. The van der Waals surface area contributed by atoms with E-state index in [1.807, 2.05) is 19.6 Å². The van der Waals surface area contributed by atoms with Gasteiger partial charge < -0.3 is 4.65 Å². The number of halogens is 1. The average molecular weight is 210 g/mol. The van der Waals surface area contributed by atoms with E-state index in [-0.39, 0.29) is 6.10 Å². The topological polar surface area (TPSA) is 9.23 Å². The Kier molecular flexibility index (Phi) is 2.01. The van der Waals surface area contributed by atoms with Crippen LogP contribution in [0.3, 0.4) is 0 Å². The number of hydrogen-bond acceptors (Lipinski definition) is 1. The van der Waals surface area contributed by atoms with Crippen molar-refractivity contribution in [3.63, 3.8) is 0 Å². The van der Waals surface area contributed by atoms with E-state index in [9.17, 15) is 0 Å². The molecule has 0 fully saturated rings. The van der Waals surface area contributed by atoms with Crippen LogP contribution in [-0.2, 0) is 4.65 Å².